The van der Waals surface area contributed by atoms with Gasteiger partial charge in [-0.05, 0) is 45.2 Å². The Bertz CT molecular complexity index is 432. The normalized spacial score (nSPS) is 26.0. The first-order valence-electron chi connectivity index (χ1n) is 7.03. The summed E-state index contributed by atoms with van der Waals surface area (Å²) in [4.78, 5) is 13.7. The predicted octanol–water partition coefficient (Wildman–Crippen LogP) is 2.80. The topological polar surface area (TPSA) is 40.5 Å². The maximum absolute atomic E-state index is 11.4. The summed E-state index contributed by atoms with van der Waals surface area (Å²) < 4.78 is 0. The van der Waals surface area contributed by atoms with Crippen LogP contribution in [0, 0.1) is 5.41 Å². The Labute approximate surface area is 115 Å². The molecule has 1 aliphatic rings. The van der Waals surface area contributed by atoms with Gasteiger partial charge in [-0.25, -0.2) is 0 Å². The van der Waals surface area contributed by atoms with Crippen molar-refractivity contribution in [3.05, 3.63) is 35.9 Å². The molecule has 0 amide bonds. The van der Waals surface area contributed by atoms with Crippen LogP contribution in [0.15, 0.2) is 30.3 Å². The predicted molar refractivity (Wildman–Crippen MR) is 76.2 cm³/mol. The zero-order chi connectivity index (χ0) is 13.9. The molecule has 2 atom stereocenters. The van der Waals surface area contributed by atoms with Gasteiger partial charge in [-0.1, -0.05) is 30.3 Å². The zero-order valence-corrected chi connectivity index (χ0v) is 11.8. The van der Waals surface area contributed by atoms with Crippen molar-refractivity contribution in [2.24, 2.45) is 5.41 Å². The average Bonchev–Trinajstić information content (AvgIpc) is 2.40. The minimum Gasteiger partial charge on any atom is -0.481 e. The van der Waals surface area contributed by atoms with Crippen molar-refractivity contribution >= 4 is 5.97 Å². The minimum atomic E-state index is -0.663. The molecule has 0 bridgehead atoms. The van der Waals surface area contributed by atoms with Gasteiger partial charge in [-0.3, -0.25) is 9.69 Å². The number of nitrogens with zero attached hydrogens (tertiary/aromatic N) is 1. The Morgan fingerprint density at radius 3 is 2.74 bits per heavy atom. The van der Waals surface area contributed by atoms with Crippen molar-refractivity contribution in [2.75, 3.05) is 13.1 Å². The van der Waals surface area contributed by atoms with Crippen molar-refractivity contribution in [1.82, 2.24) is 4.90 Å². The van der Waals surface area contributed by atoms with Crippen LogP contribution in [0.2, 0.25) is 0 Å². The minimum absolute atomic E-state index is 0.390. The Morgan fingerprint density at radius 2 is 2.11 bits per heavy atom. The molecule has 1 heterocycles. The molecule has 3 heteroatoms. The van der Waals surface area contributed by atoms with Gasteiger partial charge in [0.05, 0.1) is 5.41 Å². The maximum atomic E-state index is 11.4. The number of aliphatic carboxylic acids is 1. The van der Waals surface area contributed by atoms with Crippen molar-refractivity contribution in [3.8, 4) is 0 Å². The van der Waals surface area contributed by atoms with Gasteiger partial charge >= 0.3 is 5.97 Å². The highest BCUT2D eigenvalue weighted by Crippen LogP contribution is 2.31. The van der Waals surface area contributed by atoms with E-state index in [0.717, 1.165) is 25.8 Å². The number of rotatable bonds is 4. The van der Waals surface area contributed by atoms with E-state index in [4.69, 9.17) is 0 Å². The van der Waals surface area contributed by atoms with Crippen molar-refractivity contribution in [1.29, 1.82) is 0 Å². The highest BCUT2D eigenvalue weighted by molar-refractivity contribution is 5.74. The Morgan fingerprint density at radius 1 is 1.42 bits per heavy atom. The molecule has 3 nitrogen and oxygen atoms in total. The largest absolute Gasteiger partial charge is 0.481 e. The molecule has 0 aliphatic carbocycles. The smallest absolute Gasteiger partial charge is 0.310 e. The van der Waals surface area contributed by atoms with E-state index in [9.17, 15) is 9.90 Å². The third kappa shape index (κ3) is 3.35. The van der Waals surface area contributed by atoms with Crippen LogP contribution in [0.5, 0.6) is 0 Å². The first kappa shape index (κ1) is 14.1. The second-order valence-electron chi connectivity index (χ2n) is 5.98. The lowest BCUT2D eigenvalue weighted by molar-refractivity contribution is -0.151. The van der Waals surface area contributed by atoms with Crippen LogP contribution in [0.4, 0.5) is 0 Å². The molecular weight excluding hydrogens is 238 g/mol. The molecule has 104 valence electrons. The number of piperidine rings is 1. The second-order valence-corrected chi connectivity index (χ2v) is 5.98. The second kappa shape index (κ2) is 5.74. The van der Waals surface area contributed by atoms with Gasteiger partial charge in [0.25, 0.3) is 0 Å². The van der Waals surface area contributed by atoms with Crippen LogP contribution < -0.4 is 0 Å². The number of carboxylic acids is 1. The SMILES string of the molecule is CC(Cc1ccccc1)N1CCCC(C)(C(=O)O)C1. The van der Waals surface area contributed by atoms with Crippen molar-refractivity contribution in [3.63, 3.8) is 0 Å². The summed E-state index contributed by atoms with van der Waals surface area (Å²) in [5, 5.41) is 9.36. The average molecular weight is 261 g/mol. The van der Waals surface area contributed by atoms with Crippen LogP contribution in [0.25, 0.3) is 0 Å². The molecule has 1 aliphatic heterocycles. The van der Waals surface area contributed by atoms with E-state index in [1.807, 2.05) is 13.0 Å². The molecule has 0 radical (unpaired) electrons. The Hall–Kier alpha value is -1.35. The van der Waals surface area contributed by atoms with Gasteiger partial charge < -0.3 is 5.11 Å². The summed E-state index contributed by atoms with van der Waals surface area (Å²) >= 11 is 0. The quantitative estimate of drug-likeness (QED) is 0.906. The van der Waals surface area contributed by atoms with Crippen LogP contribution in [0.3, 0.4) is 0 Å². The molecule has 2 unspecified atom stereocenters. The van der Waals surface area contributed by atoms with Crippen LogP contribution in [0.1, 0.15) is 32.3 Å². The summed E-state index contributed by atoms with van der Waals surface area (Å²) in [5.74, 6) is -0.663. The highest BCUT2D eigenvalue weighted by atomic mass is 16.4. The third-order valence-electron chi connectivity index (χ3n) is 4.24. The number of likely N-dealkylation sites (tertiary alicyclic amines) is 1. The van der Waals surface area contributed by atoms with Crippen molar-refractivity contribution < 1.29 is 9.90 Å². The summed E-state index contributed by atoms with van der Waals surface area (Å²) in [6, 6.07) is 10.8. The molecule has 1 aromatic rings. The fourth-order valence-electron chi connectivity index (χ4n) is 2.91. The molecular formula is C16H23NO2. The summed E-state index contributed by atoms with van der Waals surface area (Å²) in [6.07, 6.45) is 2.75. The zero-order valence-electron chi connectivity index (χ0n) is 11.8. The lowest BCUT2D eigenvalue weighted by atomic mass is 9.81. The first-order chi connectivity index (χ1) is 9.01. The van der Waals surface area contributed by atoms with Crippen LogP contribution in [-0.4, -0.2) is 35.1 Å². The molecule has 0 spiro atoms. The molecule has 2 rings (SSSR count). The molecule has 19 heavy (non-hydrogen) atoms. The van der Waals surface area contributed by atoms with E-state index in [2.05, 4.69) is 36.1 Å². The van der Waals surface area contributed by atoms with E-state index in [1.165, 1.54) is 5.56 Å². The van der Waals surface area contributed by atoms with E-state index < -0.39 is 11.4 Å². The fraction of sp³-hybridized carbons (Fsp3) is 0.562. The Kier molecular flexibility index (Phi) is 4.25. The van der Waals surface area contributed by atoms with Crippen molar-refractivity contribution in [2.45, 2.75) is 39.2 Å². The van der Waals surface area contributed by atoms with Gasteiger partial charge in [0, 0.05) is 12.6 Å². The molecule has 1 N–H and O–H groups in total. The number of carboxylic acid groups (broad SMARTS) is 1. The van der Waals surface area contributed by atoms with E-state index in [1.54, 1.807) is 0 Å². The number of hydrogen-bond donors (Lipinski definition) is 1. The molecule has 0 saturated carbocycles. The lowest BCUT2D eigenvalue weighted by Gasteiger charge is -2.40. The summed E-state index contributed by atoms with van der Waals surface area (Å²) in [5.41, 5.74) is 0.737. The van der Waals surface area contributed by atoms with Crippen LogP contribution in [-0.2, 0) is 11.2 Å². The van der Waals surface area contributed by atoms with Gasteiger partial charge in [-0.15, -0.1) is 0 Å². The molecule has 1 saturated heterocycles. The summed E-state index contributed by atoms with van der Waals surface area (Å²) in [7, 11) is 0. The number of carbonyl (C=O) groups is 1. The monoisotopic (exact) mass is 261 g/mol. The molecule has 1 aromatic carbocycles. The Balaban J connectivity index is 1.99. The van der Waals surface area contributed by atoms with Gasteiger partial charge in [0.15, 0.2) is 0 Å². The number of benzene rings is 1. The van der Waals surface area contributed by atoms with Gasteiger partial charge in [0.1, 0.15) is 0 Å². The lowest BCUT2D eigenvalue weighted by Crippen LogP contribution is -2.49. The van der Waals surface area contributed by atoms with E-state index in [0.29, 0.717) is 12.6 Å². The van der Waals surface area contributed by atoms with Gasteiger partial charge in [-0.2, -0.15) is 0 Å². The van der Waals surface area contributed by atoms with Crippen LogP contribution >= 0.6 is 0 Å². The maximum Gasteiger partial charge on any atom is 0.310 e. The molecule has 0 aromatic heterocycles. The van der Waals surface area contributed by atoms with Gasteiger partial charge in [0.2, 0.25) is 0 Å². The third-order valence-corrected chi connectivity index (χ3v) is 4.24. The highest BCUT2D eigenvalue weighted by Gasteiger charge is 2.38. The fourth-order valence-corrected chi connectivity index (χ4v) is 2.91. The molecule has 1 fully saturated rings. The van der Waals surface area contributed by atoms with E-state index >= 15 is 0 Å². The standard InChI is InChI=1S/C16H23NO2/c1-13(11-14-7-4-3-5-8-14)17-10-6-9-16(2,12-17)15(18)19/h3-5,7-8,13H,6,9-12H2,1-2H3,(H,18,19). The van der Waals surface area contributed by atoms with E-state index in [-0.39, 0.29) is 0 Å². The summed E-state index contributed by atoms with van der Waals surface area (Å²) in [6.45, 7) is 5.74. The number of hydrogen-bond acceptors (Lipinski definition) is 2. The first-order valence-corrected chi connectivity index (χ1v) is 7.03.